The highest BCUT2D eigenvalue weighted by atomic mass is 19.1. The lowest BCUT2D eigenvalue weighted by Crippen LogP contribution is -2.22. The summed E-state index contributed by atoms with van der Waals surface area (Å²) in [5.74, 6) is -2.92. The van der Waals surface area contributed by atoms with Crippen molar-refractivity contribution in [2.45, 2.75) is 19.8 Å². The van der Waals surface area contributed by atoms with Gasteiger partial charge in [0.05, 0.1) is 24.7 Å². The molecule has 0 aliphatic rings. The molecule has 1 atom stereocenters. The molecule has 0 bridgehead atoms. The van der Waals surface area contributed by atoms with Crippen LogP contribution in [-0.2, 0) is 19.3 Å². The highest BCUT2D eigenvalue weighted by Crippen LogP contribution is 2.30. The van der Waals surface area contributed by atoms with E-state index in [1.807, 2.05) is 0 Å². The van der Waals surface area contributed by atoms with Gasteiger partial charge in [0, 0.05) is 5.56 Å². The summed E-state index contributed by atoms with van der Waals surface area (Å²) in [6.45, 7) is 3.28. The highest BCUT2D eigenvalue weighted by molar-refractivity contribution is 5.80. The Morgan fingerprint density at radius 3 is 2.62 bits per heavy atom. The summed E-state index contributed by atoms with van der Waals surface area (Å²) in [5, 5.41) is 11.0. The minimum atomic E-state index is -1.15. The van der Waals surface area contributed by atoms with Gasteiger partial charge in [0.25, 0.3) is 0 Å². The van der Waals surface area contributed by atoms with Crippen molar-refractivity contribution >= 4 is 11.7 Å². The molecule has 0 aromatic heterocycles. The van der Waals surface area contributed by atoms with E-state index in [4.69, 9.17) is 9.62 Å². The summed E-state index contributed by atoms with van der Waals surface area (Å²) in [6, 6.07) is 3.52. The second-order valence-electron chi connectivity index (χ2n) is 3.93. The monoisotopic (exact) mass is 301 g/mol. The van der Waals surface area contributed by atoms with E-state index < -0.39 is 28.3 Å². The Bertz CT molecular complexity index is 507. The summed E-state index contributed by atoms with van der Waals surface area (Å²) >= 11 is 0. The second-order valence-corrected chi connectivity index (χ2v) is 3.93. The maximum absolute atomic E-state index is 13.6. The summed E-state index contributed by atoms with van der Waals surface area (Å²) in [6.07, 6.45) is 0. The van der Waals surface area contributed by atoms with Crippen molar-refractivity contribution in [3.63, 3.8) is 0 Å². The molecule has 116 valence electrons. The molecule has 0 heterocycles. The van der Waals surface area contributed by atoms with Gasteiger partial charge >= 0.3 is 11.7 Å². The number of carbonyl (C=O) groups is 1. The van der Waals surface area contributed by atoms with Crippen LogP contribution in [0.4, 0.5) is 10.1 Å². The van der Waals surface area contributed by atoms with Crippen molar-refractivity contribution in [2.24, 2.45) is 0 Å². The Labute approximate surface area is 120 Å². The smallest absolute Gasteiger partial charge is 0.316 e. The fourth-order valence-corrected chi connectivity index (χ4v) is 1.73. The van der Waals surface area contributed by atoms with Crippen molar-refractivity contribution in [3.05, 3.63) is 39.7 Å². The second kappa shape index (κ2) is 8.28. The van der Waals surface area contributed by atoms with E-state index in [1.54, 1.807) is 13.8 Å². The van der Waals surface area contributed by atoms with Gasteiger partial charge in [0.15, 0.2) is 0 Å². The van der Waals surface area contributed by atoms with E-state index in [1.165, 1.54) is 12.1 Å². The number of nitro benzene ring substituents is 1. The molecule has 1 aromatic carbocycles. The first-order valence-corrected chi connectivity index (χ1v) is 6.36. The molecule has 21 heavy (non-hydrogen) atoms. The standard InChI is InChI=1S/C13H16FNO6/c1-3-19-13(16)10(8-21-20-4-2)9-6-5-7-11(14)12(9)15(17)18/h5-7,10H,3-4,8H2,1-2H3. The molecule has 0 saturated heterocycles. The van der Waals surface area contributed by atoms with Gasteiger partial charge in [-0.15, -0.1) is 0 Å². The molecule has 7 nitrogen and oxygen atoms in total. The fourth-order valence-electron chi connectivity index (χ4n) is 1.73. The normalized spacial score (nSPS) is 12.0. The van der Waals surface area contributed by atoms with Gasteiger partial charge in [-0.05, 0) is 19.9 Å². The van der Waals surface area contributed by atoms with Crippen LogP contribution in [0.3, 0.4) is 0 Å². The van der Waals surface area contributed by atoms with E-state index >= 15 is 0 Å². The van der Waals surface area contributed by atoms with Crippen LogP contribution in [0.2, 0.25) is 0 Å². The molecule has 0 amide bonds. The molecular formula is C13H16FNO6. The van der Waals surface area contributed by atoms with Gasteiger partial charge in [-0.1, -0.05) is 12.1 Å². The SMILES string of the molecule is CCOOCC(C(=O)OCC)c1cccc(F)c1[N+](=O)[O-]. The van der Waals surface area contributed by atoms with E-state index in [9.17, 15) is 19.3 Å². The van der Waals surface area contributed by atoms with Gasteiger partial charge in [-0.3, -0.25) is 14.9 Å². The van der Waals surface area contributed by atoms with Crippen molar-refractivity contribution < 1.29 is 28.6 Å². The predicted molar refractivity (Wildman–Crippen MR) is 70.0 cm³/mol. The number of nitrogens with zero attached hydrogens (tertiary/aromatic N) is 1. The Morgan fingerprint density at radius 2 is 2.05 bits per heavy atom. The highest BCUT2D eigenvalue weighted by Gasteiger charge is 2.32. The number of ether oxygens (including phenoxy) is 1. The number of esters is 1. The number of carbonyl (C=O) groups excluding carboxylic acids is 1. The van der Waals surface area contributed by atoms with Gasteiger partial charge < -0.3 is 4.74 Å². The Balaban J connectivity index is 3.15. The molecule has 0 aliphatic heterocycles. The lowest BCUT2D eigenvalue weighted by molar-refractivity contribution is -0.388. The minimum absolute atomic E-state index is 0.0904. The molecule has 0 fully saturated rings. The van der Waals surface area contributed by atoms with Crippen LogP contribution in [0, 0.1) is 15.9 Å². The third-order valence-electron chi connectivity index (χ3n) is 2.58. The first kappa shape index (κ1) is 17.0. The topological polar surface area (TPSA) is 87.9 Å². The van der Waals surface area contributed by atoms with E-state index in [-0.39, 0.29) is 25.4 Å². The van der Waals surface area contributed by atoms with Crippen molar-refractivity contribution in [1.29, 1.82) is 0 Å². The maximum Gasteiger partial charge on any atom is 0.316 e. The molecule has 1 rings (SSSR count). The Kier molecular flexibility index (Phi) is 6.70. The molecule has 0 saturated carbocycles. The zero-order valence-electron chi connectivity index (χ0n) is 11.7. The number of benzene rings is 1. The van der Waals surface area contributed by atoms with Crippen molar-refractivity contribution in [1.82, 2.24) is 0 Å². The lowest BCUT2D eigenvalue weighted by Gasteiger charge is -2.15. The molecule has 1 aromatic rings. The van der Waals surface area contributed by atoms with E-state index in [0.717, 1.165) is 6.07 Å². The zero-order valence-corrected chi connectivity index (χ0v) is 11.7. The largest absolute Gasteiger partial charge is 0.465 e. The molecule has 0 aliphatic carbocycles. The quantitative estimate of drug-likeness (QED) is 0.241. The van der Waals surface area contributed by atoms with Crippen molar-refractivity contribution in [2.75, 3.05) is 19.8 Å². The fraction of sp³-hybridized carbons (Fsp3) is 0.462. The number of hydrogen-bond donors (Lipinski definition) is 0. The minimum Gasteiger partial charge on any atom is -0.465 e. The number of para-hydroxylation sites is 1. The summed E-state index contributed by atoms with van der Waals surface area (Å²) < 4.78 is 18.5. The number of halogens is 1. The molecule has 1 unspecified atom stereocenters. The Hall–Kier alpha value is -2.06. The maximum atomic E-state index is 13.6. The molecule has 0 radical (unpaired) electrons. The van der Waals surface area contributed by atoms with Crippen LogP contribution >= 0.6 is 0 Å². The summed E-state index contributed by atoms with van der Waals surface area (Å²) in [7, 11) is 0. The summed E-state index contributed by atoms with van der Waals surface area (Å²) in [4.78, 5) is 31.5. The first-order chi connectivity index (χ1) is 10.0. The number of rotatable bonds is 8. The zero-order chi connectivity index (χ0) is 15.8. The summed E-state index contributed by atoms with van der Waals surface area (Å²) in [5.41, 5.74) is -0.881. The van der Waals surface area contributed by atoms with Crippen LogP contribution in [0.25, 0.3) is 0 Å². The lowest BCUT2D eigenvalue weighted by atomic mass is 9.98. The number of hydrogen-bond acceptors (Lipinski definition) is 6. The van der Waals surface area contributed by atoms with Gasteiger partial charge in [-0.25, -0.2) is 9.78 Å². The average Bonchev–Trinajstić information content (AvgIpc) is 2.43. The molecule has 0 spiro atoms. The van der Waals surface area contributed by atoms with Crippen LogP contribution < -0.4 is 0 Å². The third-order valence-corrected chi connectivity index (χ3v) is 2.58. The van der Waals surface area contributed by atoms with Crippen LogP contribution in [0.5, 0.6) is 0 Å². The van der Waals surface area contributed by atoms with Crippen LogP contribution in [0.15, 0.2) is 18.2 Å². The first-order valence-electron chi connectivity index (χ1n) is 6.36. The number of nitro groups is 1. The third kappa shape index (κ3) is 4.47. The Morgan fingerprint density at radius 1 is 1.33 bits per heavy atom. The van der Waals surface area contributed by atoms with Gasteiger partial charge in [-0.2, -0.15) is 4.39 Å². The van der Waals surface area contributed by atoms with Crippen LogP contribution in [0.1, 0.15) is 25.3 Å². The van der Waals surface area contributed by atoms with Crippen LogP contribution in [-0.4, -0.2) is 30.7 Å². The molecule has 0 N–H and O–H groups in total. The molecule has 8 heteroatoms. The van der Waals surface area contributed by atoms with Gasteiger partial charge in [0.1, 0.15) is 5.92 Å². The van der Waals surface area contributed by atoms with E-state index in [2.05, 4.69) is 4.89 Å². The predicted octanol–water partition coefficient (Wildman–Crippen LogP) is 2.35. The van der Waals surface area contributed by atoms with E-state index in [0.29, 0.717) is 0 Å². The van der Waals surface area contributed by atoms with Crippen molar-refractivity contribution in [3.8, 4) is 0 Å². The van der Waals surface area contributed by atoms with Gasteiger partial charge in [0.2, 0.25) is 5.82 Å². The molecular weight excluding hydrogens is 285 g/mol. The average molecular weight is 301 g/mol.